The Kier molecular flexibility index (Phi) is 5.65. The van der Waals surface area contributed by atoms with Gasteiger partial charge in [-0.3, -0.25) is 4.79 Å². The Bertz CT molecular complexity index is 940. The van der Waals surface area contributed by atoms with Crippen LogP contribution < -0.4 is 0 Å². The van der Waals surface area contributed by atoms with Crippen LogP contribution in [0.3, 0.4) is 0 Å². The van der Waals surface area contributed by atoms with Gasteiger partial charge < -0.3 is 5.11 Å². The van der Waals surface area contributed by atoms with E-state index in [-0.39, 0.29) is 26.7 Å². The van der Waals surface area contributed by atoms with Crippen molar-refractivity contribution in [2.45, 2.75) is 13.1 Å². The van der Waals surface area contributed by atoms with Gasteiger partial charge >= 0.3 is 6.18 Å². The largest absolute Gasteiger partial charge is 0.507 e. The number of aliphatic hydroxyl groups is 1. The molecule has 0 fully saturated rings. The van der Waals surface area contributed by atoms with Crippen LogP contribution in [0.15, 0.2) is 36.4 Å². The molecule has 3 nitrogen and oxygen atoms in total. The van der Waals surface area contributed by atoms with Gasteiger partial charge in [0.05, 0.1) is 17.2 Å². The molecule has 0 bridgehead atoms. The fourth-order valence-electron chi connectivity index (χ4n) is 2.30. The Balaban J connectivity index is 2.77. The number of aliphatic hydroxyl groups excluding tert-OH is 1. The predicted octanol–water partition coefficient (Wildman–Crippen LogP) is 5.73. The SMILES string of the molecule is Cc1cc(/C(O)=C(\C(=O)C(F)(F)F)c2cc(Cl)cc(Cl)c2)ccc1C#N. The monoisotopic (exact) mass is 399 g/mol. The molecule has 2 aromatic rings. The van der Waals surface area contributed by atoms with Crippen molar-refractivity contribution in [3.05, 3.63) is 68.7 Å². The molecule has 26 heavy (non-hydrogen) atoms. The van der Waals surface area contributed by atoms with Crippen molar-refractivity contribution in [2.75, 3.05) is 0 Å². The lowest BCUT2D eigenvalue weighted by molar-refractivity contribution is -0.164. The highest BCUT2D eigenvalue weighted by Gasteiger charge is 2.42. The fourth-order valence-corrected chi connectivity index (χ4v) is 2.82. The highest BCUT2D eigenvalue weighted by molar-refractivity contribution is 6.36. The molecule has 0 aromatic heterocycles. The first-order valence-electron chi connectivity index (χ1n) is 7.07. The van der Waals surface area contributed by atoms with Crippen molar-refractivity contribution in [1.29, 1.82) is 5.26 Å². The van der Waals surface area contributed by atoms with Crippen LogP contribution >= 0.6 is 23.2 Å². The third-order valence-electron chi connectivity index (χ3n) is 3.49. The number of benzene rings is 2. The van der Waals surface area contributed by atoms with Crippen molar-refractivity contribution >= 4 is 40.3 Å². The number of hydrogen-bond acceptors (Lipinski definition) is 3. The van der Waals surface area contributed by atoms with E-state index in [1.807, 2.05) is 6.07 Å². The maximum absolute atomic E-state index is 13.1. The minimum atomic E-state index is -5.22. The van der Waals surface area contributed by atoms with E-state index < -0.39 is 23.3 Å². The van der Waals surface area contributed by atoms with E-state index in [1.165, 1.54) is 24.3 Å². The summed E-state index contributed by atoms with van der Waals surface area (Å²) in [5.41, 5.74) is -0.587. The number of allylic oxidation sites excluding steroid dienone is 1. The summed E-state index contributed by atoms with van der Waals surface area (Å²) in [6, 6.07) is 9.27. The molecule has 2 rings (SSSR count). The molecule has 0 aliphatic rings. The molecular weight excluding hydrogens is 390 g/mol. The predicted molar refractivity (Wildman–Crippen MR) is 92.9 cm³/mol. The molecule has 0 radical (unpaired) electrons. The number of alkyl halides is 3. The van der Waals surface area contributed by atoms with Crippen molar-refractivity contribution in [2.24, 2.45) is 0 Å². The molecular formula is C18H10Cl2F3NO2. The number of halogens is 5. The van der Waals surface area contributed by atoms with Crippen molar-refractivity contribution < 1.29 is 23.1 Å². The van der Waals surface area contributed by atoms with Crippen LogP contribution in [0.1, 0.15) is 22.3 Å². The summed E-state index contributed by atoms with van der Waals surface area (Å²) in [7, 11) is 0. The Morgan fingerprint density at radius 1 is 1.08 bits per heavy atom. The maximum atomic E-state index is 13.1. The van der Waals surface area contributed by atoms with Gasteiger partial charge in [-0.2, -0.15) is 18.4 Å². The summed E-state index contributed by atoms with van der Waals surface area (Å²) in [6.07, 6.45) is -5.22. The van der Waals surface area contributed by atoms with E-state index in [2.05, 4.69) is 0 Å². The Morgan fingerprint density at radius 3 is 2.12 bits per heavy atom. The van der Waals surface area contributed by atoms with Crippen LogP contribution in [0.5, 0.6) is 0 Å². The number of carbonyl (C=O) groups excluding carboxylic acids is 1. The minimum Gasteiger partial charge on any atom is -0.507 e. The zero-order valence-corrected chi connectivity index (χ0v) is 14.7. The van der Waals surface area contributed by atoms with E-state index in [4.69, 9.17) is 28.5 Å². The second kappa shape index (κ2) is 7.40. The van der Waals surface area contributed by atoms with Crippen LogP contribution in [0.4, 0.5) is 13.2 Å². The third-order valence-corrected chi connectivity index (χ3v) is 3.93. The molecule has 8 heteroatoms. The average Bonchev–Trinajstić information content (AvgIpc) is 2.53. The lowest BCUT2D eigenvalue weighted by Gasteiger charge is -2.14. The Morgan fingerprint density at radius 2 is 1.65 bits per heavy atom. The number of nitrogens with zero attached hydrogens (tertiary/aromatic N) is 1. The second-order valence-corrected chi connectivity index (χ2v) is 6.22. The van der Waals surface area contributed by atoms with Gasteiger partial charge in [-0.1, -0.05) is 23.2 Å². The van der Waals surface area contributed by atoms with Gasteiger partial charge in [-0.15, -0.1) is 0 Å². The van der Waals surface area contributed by atoms with Gasteiger partial charge in [0.1, 0.15) is 5.76 Å². The highest BCUT2D eigenvalue weighted by atomic mass is 35.5. The maximum Gasteiger partial charge on any atom is 0.455 e. The summed E-state index contributed by atoms with van der Waals surface area (Å²) < 4.78 is 39.2. The molecule has 0 spiro atoms. The zero-order valence-electron chi connectivity index (χ0n) is 13.2. The fraction of sp³-hybridized carbons (Fsp3) is 0.111. The van der Waals surface area contributed by atoms with Crippen molar-refractivity contribution in [3.8, 4) is 6.07 Å². The van der Waals surface area contributed by atoms with Gasteiger partial charge in [0, 0.05) is 15.6 Å². The quantitative estimate of drug-likeness (QED) is 0.407. The number of ketones is 1. The normalized spacial score (nSPS) is 12.3. The smallest absolute Gasteiger partial charge is 0.455 e. The number of aryl methyl sites for hydroxylation is 1. The van der Waals surface area contributed by atoms with Crippen LogP contribution in [0, 0.1) is 18.3 Å². The van der Waals surface area contributed by atoms with Gasteiger partial charge in [-0.05, 0) is 54.4 Å². The number of Topliss-reactive ketones (excluding diaryl/α,β-unsaturated/α-hetero) is 1. The van der Waals surface area contributed by atoms with E-state index in [0.717, 1.165) is 12.1 Å². The second-order valence-electron chi connectivity index (χ2n) is 5.35. The molecule has 0 saturated carbocycles. The Hall–Kier alpha value is -2.49. The van der Waals surface area contributed by atoms with Gasteiger partial charge in [0.25, 0.3) is 5.78 Å². The molecule has 1 N–H and O–H groups in total. The first-order chi connectivity index (χ1) is 12.0. The van der Waals surface area contributed by atoms with E-state index in [1.54, 1.807) is 6.92 Å². The average molecular weight is 400 g/mol. The number of rotatable bonds is 3. The number of hydrogen-bond donors (Lipinski definition) is 1. The lowest BCUT2D eigenvalue weighted by atomic mass is 9.95. The summed E-state index contributed by atoms with van der Waals surface area (Å²) in [4.78, 5) is 11.9. The number of carbonyl (C=O) groups is 1. The number of nitriles is 1. The van der Waals surface area contributed by atoms with E-state index >= 15 is 0 Å². The van der Waals surface area contributed by atoms with Gasteiger partial charge in [-0.25, -0.2) is 0 Å². The topological polar surface area (TPSA) is 61.1 Å². The van der Waals surface area contributed by atoms with Crippen LogP contribution in [0.2, 0.25) is 10.0 Å². The zero-order chi connectivity index (χ0) is 19.6. The molecule has 0 amide bonds. The van der Waals surface area contributed by atoms with Crippen LogP contribution in [-0.4, -0.2) is 17.1 Å². The molecule has 0 heterocycles. The first kappa shape index (κ1) is 19.8. The molecule has 0 aliphatic carbocycles. The summed E-state index contributed by atoms with van der Waals surface area (Å²) in [5.74, 6) is -3.13. The van der Waals surface area contributed by atoms with E-state index in [0.29, 0.717) is 5.56 Å². The van der Waals surface area contributed by atoms with Crippen molar-refractivity contribution in [3.63, 3.8) is 0 Å². The van der Waals surface area contributed by atoms with Crippen LogP contribution in [0.25, 0.3) is 11.3 Å². The summed E-state index contributed by atoms with van der Waals surface area (Å²) >= 11 is 11.6. The Labute approximate surface area is 156 Å². The van der Waals surface area contributed by atoms with Gasteiger partial charge in [0.15, 0.2) is 0 Å². The third kappa shape index (κ3) is 4.18. The molecule has 0 unspecified atom stereocenters. The lowest BCUT2D eigenvalue weighted by Crippen LogP contribution is -2.24. The van der Waals surface area contributed by atoms with Crippen LogP contribution in [-0.2, 0) is 4.79 Å². The highest BCUT2D eigenvalue weighted by Crippen LogP contribution is 2.35. The van der Waals surface area contributed by atoms with Gasteiger partial charge in [0.2, 0.25) is 0 Å². The molecule has 0 atom stereocenters. The molecule has 2 aromatic carbocycles. The summed E-state index contributed by atoms with van der Waals surface area (Å²) in [6.45, 7) is 1.55. The first-order valence-corrected chi connectivity index (χ1v) is 7.82. The van der Waals surface area contributed by atoms with Crippen molar-refractivity contribution in [1.82, 2.24) is 0 Å². The van der Waals surface area contributed by atoms with E-state index in [9.17, 15) is 23.1 Å². The summed E-state index contributed by atoms with van der Waals surface area (Å²) in [5, 5.41) is 19.4. The molecule has 0 saturated heterocycles. The molecule has 0 aliphatic heterocycles. The standard InChI is InChI=1S/C18H10Cl2F3NO2/c1-9-4-10(2-3-11(9)8-24)16(25)15(17(26)18(21,22)23)12-5-13(19)7-14(20)6-12/h2-7,25H,1H3/b16-15+. The molecule has 134 valence electrons. The minimum absolute atomic E-state index is 0.00350.